The standard InChI is InChI=1S/C20H26N4O3/c1-3-15-12-17(25)24-18(22-15)14-5-4-6-16(11-14)23-19(26)20(13-27-2)7-9-21-10-8-20/h4-6,11-12,21H,3,7-10,13H2,1-2H3,(H,23,26)(H,22,24,25). The highest BCUT2D eigenvalue weighted by Crippen LogP contribution is 2.31. The molecule has 0 saturated carbocycles. The molecule has 1 aromatic heterocycles. The van der Waals surface area contributed by atoms with Gasteiger partial charge in [-0.3, -0.25) is 9.59 Å². The number of aryl methyl sites for hydroxylation is 1. The molecule has 3 rings (SSSR count). The number of carbonyl (C=O) groups excluding carboxylic acids is 1. The first kappa shape index (κ1) is 19.3. The second-order valence-electron chi connectivity index (χ2n) is 6.94. The average Bonchev–Trinajstić information content (AvgIpc) is 2.68. The fourth-order valence-corrected chi connectivity index (χ4v) is 3.45. The largest absolute Gasteiger partial charge is 0.384 e. The van der Waals surface area contributed by atoms with Gasteiger partial charge in [-0.2, -0.15) is 0 Å². The Morgan fingerprint density at radius 2 is 2.07 bits per heavy atom. The van der Waals surface area contributed by atoms with Gasteiger partial charge in [0.25, 0.3) is 5.56 Å². The highest BCUT2D eigenvalue weighted by Gasteiger charge is 2.39. The Bertz CT molecular complexity index is 851. The van der Waals surface area contributed by atoms with E-state index in [1.807, 2.05) is 31.2 Å². The molecule has 1 amide bonds. The molecule has 1 aliphatic heterocycles. The number of hydrogen-bond donors (Lipinski definition) is 3. The van der Waals surface area contributed by atoms with Crippen molar-refractivity contribution in [3.8, 4) is 11.4 Å². The van der Waals surface area contributed by atoms with Gasteiger partial charge in [-0.1, -0.05) is 19.1 Å². The zero-order valence-electron chi connectivity index (χ0n) is 15.8. The van der Waals surface area contributed by atoms with Gasteiger partial charge >= 0.3 is 0 Å². The SMILES string of the molecule is CCc1cc(=O)[nH]c(-c2cccc(NC(=O)C3(COC)CCNCC3)c2)n1. The molecule has 7 heteroatoms. The fourth-order valence-electron chi connectivity index (χ4n) is 3.45. The lowest BCUT2D eigenvalue weighted by molar-refractivity contribution is -0.130. The summed E-state index contributed by atoms with van der Waals surface area (Å²) in [6.45, 7) is 3.95. The minimum Gasteiger partial charge on any atom is -0.384 e. The zero-order valence-corrected chi connectivity index (χ0v) is 15.8. The summed E-state index contributed by atoms with van der Waals surface area (Å²) in [6.07, 6.45) is 2.15. The smallest absolute Gasteiger partial charge is 0.251 e. The summed E-state index contributed by atoms with van der Waals surface area (Å²) in [5.74, 6) is 0.468. The molecule has 7 nitrogen and oxygen atoms in total. The number of hydrogen-bond acceptors (Lipinski definition) is 5. The minimum atomic E-state index is -0.523. The van der Waals surface area contributed by atoms with Crippen molar-refractivity contribution in [2.24, 2.45) is 5.41 Å². The molecule has 1 saturated heterocycles. The molecule has 1 fully saturated rings. The van der Waals surface area contributed by atoms with Crippen molar-refractivity contribution in [1.82, 2.24) is 15.3 Å². The van der Waals surface area contributed by atoms with Crippen molar-refractivity contribution in [3.63, 3.8) is 0 Å². The van der Waals surface area contributed by atoms with Gasteiger partial charge in [0.2, 0.25) is 5.91 Å². The summed E-state index contributed by atoms with van der Waals surface area (Å²) in [7, 11) is 1.63. The van der Waals surface area contributed by atoms with E-state index in [4.69, 9.17) is 4.74 Å². The van der Waals surface area contributed by atoms with Crippen molar-refractivity contribution in [2.45, 2.75) is 26.2 Å². The van der Waals surface area contributed by atoms with Crippen LogP contribution in [0.1, 0.15) is 25.5 Å². The summed E-state index contributed by atoms with van der Waals surface area (Å²) in [5, 5.41) is 6.31. The van der Waals surface area contributed by atoms with E-state index in [9.17, 15) is 9.59 Å². The second kappa shape index (κ2) is 8.45. The van der Waals surface area contributed by atoms with Crippen molar-refractivity contribution >= 4 is 11.6 Å². The lowest BCUT2D eigenvalue weighted by atomic mass is 9.78. The van der Waals surface area contributed by atoms with Crippen molar-refractivity contribution < 1.29 is 9.53 Å². The van der Waals surface area contributed by atoms with E-state index in [0.29, 0.717) is 24.5 Å². The molecular formula is C20H26N4O3. The maximum absolute atomic E-state index is 13.0. The van der Waals surface area contributed by atoms with Gasteiger partial charge in [-0.05, 0) is 44.5 Å². The van der Waals surface area contributed by atoms with Gasteiger partial charge in [0.1, 0.15) is 5.82 Å². The van der Waals surface area contributed by atoms with Crippen molar-refractivity contribution in [1.29, 1.82) is 0 Å². The average molecular weight is 370 g/mol. The maximum atomic E-state index is 13.0. The third-order valence-electron chi connectivity index (χ3n) is 5.01. The van der Waals surface area contributed by atoms with Crippen LogP contribution in [0.15, 0.2) is 35.1 Å². The van der Waals surface area contributed by atoms with E-state index in [-0.39, 0.29) is 11.5 Å². The monoisotopic (exact) mass is 370 g/mol. The lowest BCUT2D eigenvalue weighted by Crippen LogP contribution is -2.47. The van der Waals surface area contributed by atoms with Gasteiger partial charge in [-0.25, -0.2) is 4.98 Å². The second-order valence-corrected chi connectivity index (χ2v) is 6.94. The number of H-pyrrole nitrogens is 1. The first-order chi connectivity index (χ1) is 13.1. The molecule has 0 atom stereocenters. The van der Waals surface area contributed by atoms with Crippen LogP contribution in [-0.2, 0) is 16.0 Å². The molecule has 27 heavy (non-hydrogen) atoms. The number of piperidine rings is 1. The molecule has 0 spiro atoms. The summed E-state index contributed by atoms with van der Waals surface area (Å²) in [5.41, 5.74) is 1.46. The Morgan fingerprint density at radius 3 is 2.78 bits per heavy atom. The van der Waals surface area contributed by atoms with Crippen LogP contribution in [-0.4, -0.2) is 42.7 Å². The van der Waals surface area contributed by atoms with E-state index >= 15 is 0 Å². The van der Waals surface area contributed by atoms with Crippen molar-refractivity contribution in [2.75, 3.05) is 32.1 Å². The normalized spacial score (nSPS) is 16.1. The van der Waals surface area contributed by atoms with E-state index in [1.165, 1.54) is 6.07 Å². The summed E-state index contributed by atoms with van der Waals surface area (Å²) in [4.78, 5) is 32.1. The van der Waals surface area contributed by atoms with Crippen LogP contribution in [0.5, 0.6) is 0 Å². The van der Waals surface area contributed by atoms with E-state index in [1.54, 1.807) is 7.11 Å². The number of aromatic nitrogens is 2. The van der Waals surface area contributed by atoms with Gasteiger partial charge in [0, 0.05) is 30.1 Å². The number of nitrogens with one attached hydrogen (secondary N) is 3. The topological polar surface area (TPSA) is 96.1 Å². The molecule has 0 bridgehead atoms. The Balaban J connectivity index is 1.84. The third kappa shape index (κ3) is 4.43. The molecule has 1 aromatic carbocycles. The number of aromatic amines is 1. The molecule has 2 aromatic rings. The number of carbonyl (C=O) groups is 1. The van der Waals surface area contributed by atoms with Gasteiger partial charge in [0.15, 0.2) is 0 Å². The highest BCUT2D eigenvalue weighted by atomic mass is 16.5. The number of nitrogens with zero attached hydrogens (tertiary/aromatic N) is 1. The molecule has 3 N–H and O–H groups in total. The van der Waals surface area contributed by atoms with Crippen LogP contribution in [0.4, 0.5) is 5.69 Å². The van der Waals surface area contributed by atoms with E-state index in [2.05, 4.69) is 20.6 Å². The van der Waals surface area contributed by atoms with Crippen LogP contribution in [0.3, 0.4) is 0 Å². The number of ether oxygens (including phenoxy) is 1. The van der Waals surface area contributed by atoms with Crippen LogP contribution in [0.2, 0.25) is 0 Å². The Morgan fingerprint density at radius 1 is 1.30 bits per heavy atom. The van der Waals surface area contributed by atoms with Crippen LogP contribution in [0, 0.1) is 5.41 Å². The number of benzene rings is 1. The molecule has 1 aliphatic rings. The van der Waals surface area contributed by atoms with Crippen molar-refractivity contribution in [3.05, 3.63) is 46.4 Å². The predicted molar refractivity (Wildman–Crippen MR) is 105 cm³/mol. The van der Waals surface area contributed by atoms with Gasteiger partial charge in [-0.15, -0.1) is 0 Å². The molecule has 0 unspecified atom stereocenters. The number of rotatable bonds is 6. The Labute approximate surface area is 158 Å². The number of methoxy groups -OCH3 is 1. The first-order valence-corrected chi connectivity index (χ1v) is 9.28. The molecule has 0 aliphatic carbocycles. The summed E-state index contributed by atoms with van der Waals surface area (Å²) < 4.78 is 5.34. The molecular weight excluding hydrogens is 344 g/mol. The highest BCUT2D eigenvalue weighted by molar-refractivity contribution is 5.96. The maximum Gasteiger partial charge on any atom is 0.251 e. The quantitative estimate of drug-likeness (QED) is 0.722. The predicted octanol–water partition coefficient (Wildman–Crippen LogP) is 1.95. The number of amides is 1. The minimum absolute atomic E-state index is 0.0354. The Kier molecular flexibility index (Phi) is 6.03. The fraction of sp³-hybridized carbons (Fsp3) is 0.450. The van der Waals surface area contributed by atoms with Crippen LogP contribution >= 0.6 is 0 Å². The van der Waals surface area contributed by atoms with Crippen LogP contribution in [0.25, 0.3) is 11.4 Å². The first-order valence-electron chi connectivity index (χ1n) is 9.28. The van der Waals surface area contributed by atoms with E-state index in [0.717, 1.165) is 37.2 Å². The number of anilines is 1. The summed E-state index contributed by atoms with van der Waals surface area (Å²) >= 11 is 0. The third-order valence-corrected chi connectivity index (χ3v) is 5.01. The van der Waals surface area contributed by atoms with Gasteiger partial charge < -0.3 is 20.4 Å². The van der Waals surface area contributed by atoms with Crippen LogP contribution < -0.4 is 16.2 Å². The zero-order chi connectivity index (χ0) is 19.3. The Hall–Kier alpha value is -2.51. The summed E-state index contributed by atoms with van der Waals surface area (Å²) in [6, 6.07) is 8.88. The molecule has 0 radical (unpaired) electrons. The lowest BCUT2D eigenvalue weighted by Gasteiger charge is -2.35. The molecule has 144 valence electrons. The van der Waals surface area contributed by atoms with Gasteiger partial charge in [0.05, 0.1) is 12.0 Å². The molecule has 2 heterocycles. The van der Waals surface area contributed by atoms with E-state index < -0.39 is 5.41 Å².